The molecule has 4 atom stereocenters. The van der Waals surface area contributed by atoms with Gasteiger partial charge in [-0.05, 0) is 57.6 Å². The van der Waals surface area contributed by atoms with Crippen LogP contribution in [0.25, 0.3) is 5.76 Å². The van der Waals surface area contributed by atoms with Gasteiger partial charge in [0, 0.05) is 11.5 Å². The van der Waals surface area contributed by atoms with Crippen molar-refractivity contribution in [1.82, 2.24) is 9.80 Å². The van der Waals surface area contributed by atoms with Gasteiger partial charge in [-0.1, -0.05) is 19.9 Å². The monoisotopic (exact) mass is 614 g/mol. The van der Waals surface area contributed by atoms with Crippen molar-refractivity contribution in [1.29, 1.82) is 0 Å². The Morgan fingerprint density at radius 1 is 1.10 bits per heavy atom. The summed E-state index contributed by atoms with van der Waals surface area (Å²) in [4.78, 5) is 54.9. The molecule has 7 N–H and O–H groups in total. The van der Waals surface area contributed by atoms with Gasteiger partial charge in [0.1, 0.15) is 22.8 Å². The second-order valence-electron chi connectivity index (χ2n) is 10.5. The van der Waals surface area contributed by atoms with Crippen LogP contribution in [0.2, 0.25) is 0 Å². The highest BCUT2D eigenvalue weighted by molar-refractivity contribution is 6.24. The molecule has 226 valence electrons. The number of fused-ring (bicyclic) bond motifs is 3. The number of halogens is 2. The Morgan fingerprint density at radius 2 is 1.71 bits per heavy atom. The zero-order valence-electron chi connectivity index (χ0n) is 23.1. The number of likely N-dealkylation sites (N-methyl/N-ethyl adjacent to an activating group) is 2. The van der Waals surface area contributed by atoms with E-state index in [4.69, 9.17) is 5.73 Å². The van der Waals surface area contributed by atoms with Crippen LogP contribution in [0.15, 0.2) is 29.0 Å². The van der Waals surface area contributed by atoms with E-state index < -0.39 is 63.8 Å². The number of Topliss-reactive ketones (excluding diaryl/α,β-unsaturated/α-hetero) is 2. The van der Waals surface area contributed by atoms with Crippen LogP contribution in [0.4, 0.5) is 5.69 Å². The summed E-state index contributed by atoms with van der Waals surface area (Å²) in [6, 6.07) is 1.99. The molecule has 0 aromatic heterocycles. The summed E-state index contributed by atoms with van der Waals surface area (Å²) < 4.78 is 0. The third-order valence-electron chi connectivity index (χ3n) is 8.13. The summed E-state index contributed by atoms with van der Waals surface area (Å²) >= 11 is 0. The van der Waals surface area contributed by atoms with E-state index in [1.54, 1.807) is 20.2 Å². The van der Waals surface area contributed by atoms with Gasteiger partial charge in [0.25, 0.3) is 5.91 Å². The molecule has 12 nitrogen and oxygen atoms in total. The summed E-state index contributed by atoms with van der Waals surface area (Å²) in [7, 11) is 3.09. The van der Waals surface area contributed by atoms with Crippen LogP contribution < -0.4 is 11.1 Å². The molecule has 0 aliphatic heterocycles. The predicted molar refractivity (Wildman–Crippen MR) is 155 cm³/mol. The number of ketones is 2. The minimum absolute atomic E-state index is 0. The number of rotatable bonds is 7. The zero-order chi connectivity index (χ0) is 29.0. The molecule has 1 aromatic rings. The number of hydrogen-bond donors (Lipinski definition) is 6. The van der Waals surface area contributed by atoms with E-state index in [9.17, 15) is 39.6 Å². The van der Waals surface area contributed by atoms with Crippen LogP contribution in [-0.2, 0) is 25.6 Å². The lowest BCUT2D eigenvalue weighted by atomic mass is 9.57. The number of aromatic hydroxyl groups is 1. The number of nitrogens with zero attached hydrogens (tertiary/aromatic N) is 2. The molecule has 3 aliphatic rings. The number of benzene rings is 1. The number of aliphatic hydroxyl groups is 3. The van der Waals surface area contributed by atoms with Crippen molar-refractivity contribution in [2.24, 2.45) is 17.6 Å². The third-order valence-corrected chi connectivity index (χ3v) is 8.13. The smallest absolute Gasteiger partial charge is 0.255 e. The van der Waals surface area contributed by atoms with Crippen LogP contribution in [0, 0.1) is 11.8 Å². The highest BCUT2D eigenvalue weighted by Crippen LogP contribution is 2.53. The van der Waals surface area contributed by atoms with Crippen molar-refractivity contribution in [3.05, 3.63) is 40.2 Å². The van der Waals surface area contributed by atoms with Crippen LogP contribution >= 0.6 is 24.8 Å². The first-order valence-corrected chi connectivity index (χ1v) is 12.8. The maximum Gasteiger partial charge on any atom is 0.255 e. The lowest BCUT2D eigenvalue weighted by Crippen LogP contribution is -2.65. The number of nitrogens with two attached hydrogens (primary N) is 1. The number of amides is 2. The quantitative estimate of drug-likeness (QED) is 0.191. The Labute approximate surface area is 249 Å². The number of carbonyl (C=O) groups is 4. The van der Waals surface area contributed by atoms with Crippen LogP contribution in [0.1, 0.15) is 31.4 Å². The first kappa shape index (κ1) is 34.0. The highest BCUT2D eigenvalue weighted by Gasteiger charge is 2.64. The molecule has 0 saturated heterocycles. The van der Waals surface area contributed by atoms with Crippen LogP contribution in [0.5, 0.6) is 5.75 Å². The van der Waals surface area contributed by atoms with Crippen molar-refractivity contribution >= 4 is 59.6 Å². The Kier molecular flexibility index (Phi) is 10.3. The molecule has 0 bridgehead atoms. The molecule has 0 spiro atoms. The average Bonchev–Trinajstić information content (AvgIpc) is 2.86. The van der Waals surface area contributed by atoms with Gasteiger partial charge in [-0.25, -0.2) is 0 Å². The van der Waals surface area contributed by atoms with E-state index in [0.29, 0.717) is 18.7 Å². The van der Waals surface area contributed by atoms with Gasteiger partial charge in [0.2, 0.25) is 11.7 Å². The first-order valence-electron chi connectivity index (χ1n) is 12.8. The fraction of sp³-hybridized carbons (Fsp3) is 0.481. The Balaban J connectivity index is 0.00000294. The van der Waals surface area contributed by atoms with Crippen molar-refractivity contribution in [2.75, 3.05) is 39.0 Å². The molecule has 3 unspecified atom stereocenters. The van der Waals surface area contributed by atoms with Crippen molar-refractivity contribution in [3.63, 3.8) is 0 Å². The fourth-order valence-electron chi connectivity index (χ4n) is 6.16. The van der Waals surface area contributed by atoms with Gasteiger partial charge < -0.3 is 31.5 Å². The minimum Gasteiger partial charge on any atom is -0.508 e. The number of phenols is 1. The van der Waals surface area contributed by atoms with E-state index in [1.165, 1.54) is 11.0 Å². The summed E-state index contributed by atoms with van der Waals surface area (Å²) in [5.74, 6) is -7.55. The van der Waals surface area contributed by atoms with Gasteiger partial charge >= 0.3 is 0 Å². The number of anilines is 1. The molecule has 0 radical (unpaired) electrons. The largest absolute Gasteiger partial charge is 0.508 e. The van der Waals surface area contributed by atoms with Gasteiger partial charge in [-0.3, -0.25) is 29.0 Å². The van der Waals surface area contributed by atoms with E-state index in [-0.39, 0.29) is 66.9 Å². The normalized spacial score (nSPS) is 25.2. The molecule has 4 rings (SSSR count). The van der Waals surface area contributed by atoms with Gasteiger partial charge in [0.05, 0.1) is 23.8 Å². The number of carbonyl (C=O) groups excluding carboxylic acids is 4. The Hall–Kier alpha value is -3.16. The summed E-state index contributed by atoms with van der Waals surface area (Å²) in [6.07, 6.45) is 0.185. The average molecular weight is 616 g/mol. The summed E-state index contributed by atoms with van der Waals surface area (Å²) in [6.45, 7) is 5.22. The summed E-state index contributed by atoms with van der Waals surface area (Å²) in [5, 5.41) is 47.5. The van der Waals surface area contributed by atoms with Crippen molar-refractivity contribution in [2.45, 2.75) is 38.3 Å². The Morgan fingerprint density at radius 3 is 2.24 bits per heavy atom. The highest BCUT2D eigenvalue weighted by atomic mass is 35.5. The number of aliphatic hydroxyl groups excluding tert-OH is 2. The molecular weight excluding hydrogens is 579 g/mol. The van der Waals surface area contributed by atoms with Crippen molar-refractivity contribution < 1.29 is 39.6 Å². The molecule has 1 fully saturated rings. The van der Waals surface area contributed by atoms with Gasteiger partial charge in [-0.2, -0.15) is 0 Å². The third kappa shape index (κ3) is 5.30. The lowest BCUT2D eigenvalue weighted by molar-refractivity contribution is -0.153. The zero-order valence-corrected chi connectivity index (χ0v) is 24.8. The van der Waals surface area contributed by atoms with E-state index in [1.807, 2.05) is 18.7 Å². The summed E-state index contributed by atoms with van der Waals surface area (Å²) in [5.41, 5.74) is 1.98. The molecule has 14 heteroatoms. The topological polar surface area (TPSA) is 194 Å². The number of phenolic OH excluding ortho intramolecular Hbond substituents is 1. The lowest BCUT2D eigenvalue weighted by Gasteiger charge is -2.50. The maximum atomic E-state index is 13.8. The standard InChI is InChI=1S/C27H34N4O8.2ClH/c1-5-31(6-2)11-16(32)29-15-8-7-12-9-13-10-14-20(30(3)4)23(35)19(26(28)38)25(37)27(14,39)24(36)18(13)22(34)17(12)21(15)33;;/h7-8,13-14,20,33-34,37,39H,5-6,9-11H2,1-4H3,(H2,28,38)(H,29,32);2*1H/t13?,14?,20-,27?;;/m0../s1. The number of hydrogen-bond acceptors (Lipinski definition) is 10. The van der Waals surface area contributed by atoms with Gasteiger partial charge in [0.15, 0.2) is 11.4 Å². The van der Waals surface area contributed by atoms with E-state index in [0.717, 1.165) is 0 Å². The predicted octanol–water partition coefficient (Wildman–Crippen LogP) is 1.09. The Bertz CT molecular complexity index is 1340. The second kappa shape index (κ2) is 12.4. The SMILES string of the molecule is CCN(CC)CC(=O)Nc1ccc2c(c1O)C(O)=C1C(=O)C3(O)C(O)=C(C(N)=O)C(=O)[C@@H](N(C)C)C3CC1C2.Cl.Cl. The molecule has 2 amide bonds. The molecular formula is C27H36Cl2N4O8. The number of nitrogens with one attached hydrogen (secondary N) is 1. The van der Waals surface area contributed by atoms with Crippen LogP contribution in [-0.4, -0.2) is 99.0 Å². The second-order valence-corrected chi connectivity index (χ2v) is 10.5. The van der Waals surface area contributed by atoms with Crippen molar-refractivity contribution in [3.8, 4) is 5.75 Å². The maximum absolute atomic E-state index is 13.8. The van der Waals surface area contributed by atoms with Crippen LogP contribution in [0.3, 0.4) is 0 Å². The molecule has 0 heterocycles. The van der Waals surface area contributed by atoms with Gasteiger partial charge in [-0.15, -0.1) is 24.8 Å². The molecule has 3 aliphatic carbocycles. The van der Waals surface area contributed by atoms with E-state index >= 15 is 0 Å². The first-order chi connectivity index (χ1) is 18.3. The fourth-order valence-corrected chi connectivity index (χ4v) is 6.16. The minimum atomic E-state index is -2.70. The number of primary amides is 1. The molecule has 1 aromatic carbocycles. The van der Waals surface area contributed by atoms with E-state index in [2.05, 4.69) is 5.32 Å². The molecule has 41 heavy (non-hydrogen) atoms. The molecule has 1 saturated carbocycles.